The van der Waals surface area contributed by atoms with Crippen LogP contribution in [0, 0.1) is 11.8 Å². The molecule has 0 N–H and O–H groups in total. The van der Waals surface area contributed by atoms with E-state index in [0.29, 0.717) is 5.92 Å². The molecule has 7 rings (SSSR count). The summed E-state index contributed by atoms with van der Waals surface area (Å²) in [7, 11) is 6.40. The highest BCUT2D eigenvalue weighted by atomic mass is 79.9. The Kier molecular flexibility index (Phi) is 3.75. The third kappa shape index (κ3) is 2.38. The molecular weight excluding hydrogens is 439 g/mol. The normalized spacial score (nSPS) is 26.7. The van der Waals surface area contributed by atoms with Gasteiger partial charge in [-0.1, -0.05) is 82.1 Å². The summed E-state index contributed by atoms with van der Waals surface area (Å²) in [6.45, 7) is 0. The highest BCUT2D eigenvalue weighted by Gasteiger charge is 2.48. The molecule has 0 heterocycles. The molecule has 0 aromatic heterocycles. The van der Waals surface area contributed by atoms with E-state index < -0.39 is 0 Å². The minimum atomic E-state index is -0.314. The Morgan fingerprint density at radius 1 is 0.806 bits per heavy atom. The lowest BCUT2D eigenvalue weighted by Crippen LogP contribution is -2.34. The highest BCUT2D eigenvalue weighted by molar-refractivity contribution is 9.10. The maximum absolute atomic E-state index is 6.40. The summed E-state index contributed by atoms with van der Waals surface area (Å²) in [5, 5.41) is 0. The first-order valence-corrected chi connectivity index (χ1v) is 12.2. The molecule has 0 saturated heterocycles. The lowest BCUT2D eigenvalue weighted by Gasteiger charge is -2.42. The third-order valence-corrected chi connectivity index (χ3v) is 8.65. The van der Waals surface area contributed by atoms with Crippen LogP contribution in [0.25, 0.3) is 11.1 Å². The summed E-state index contributed by atoms with van der Waals surface area (Å²) in [5.74, 6) is 1.39. The van der Waals surface area contributed by atoms with Crippen molar-refractivity contribution >= 4 is 29.2 Å². The van der Waals surface area contributed by atoms with Gasteiger partial charge >= 0.3 is 0 Å². The van der Waals surface area contributed by atoms with Crippen molar-refractivity contribution in [1.82, 2.24) is 0 Å². The van der Waals surface area contributed by atoms with E-state index in [-0.39, 0.29) is 5.41 Å². The predicted octanol–water partition coefficient (Wildman–Crippen LogP) is 6.18. The molecule has 0 bridgehead atoms. The second-order valence-corrected chi connectivity index (χ2v) is 10.5. The zero-order chi connectivity index (χ0) is 20.7. The molecule has 31 heavy (non-hydrogen) atoms. The number of aryl methyl sites for hydroxylation is 2. The van der Waals surface area contributed by atoms with Gasteiger partial charge in [-0.05, 0) is 94.2 Å². The zero-order valence-electron chi connectivity index (χ0n) is 17.4. The number of fused-ring (bicyclic) bond motifs is 5. The van der Waals surface area contributed by atoms with Gasteiger partial charge in [0.2, 0.25) is 0 Å². The van der Waals surface area contributed by atoms with Gasteiger partial charge in [-0.3, -0.25) is 0 Å². The van der Waals surface area contributed by atoms with Crippen molar-refractivity contribution in [2.45, 2.75) is 31.1 Å². The van der Waals surface area contributed by atoms with E-state index in [9.17, 15) is 0 Å². The van der Waals surface area contributed by atoms with Crippen molar-refractivity contribution in [2.24, 2.45) is 11.8 Å². The number of halogens is 1. The molecule has 2 heteroatoms. The molecule has 0 aliphatic heterocycles. The van der Waals surface area contributed by atoms with Crippen LogP contribution in [-0.4, -0.2) is 7.85 Å². The van der Waals surface area contributed by atoms with E-state index in [4.69, 9.17) is 7.85 Å². The molecule has 0 amide bonds. The Bertz CT molecular complexity index is 1280. The van der Waals surface area contributed by atoms with E-state index in [1.807, 2.05) is 6.07 Å². The van der Waals surface area contributed by atoms with E-state index >= 15 is 0 Å². The Morgan fingerprint density at radius 2 is 1.58 bits per heavy atom. The van der Waals surface area contributed by atoms with Gasteiger partial charge in [-0.15, -0.1) is 0 Å². The molecule has 3 aromatic carbocycles. The van der Waals surface area contributed by atoms with Crippen LogP contribution in [0.2, 0.25) is 0 Å². The van der Waals surface area contributed by atoms with E-state index in [1.54, 1.807) is 0 Å². The summed E-state index contributed by atoms with van der Waals surface area (Å²) in [6, 6.07) is 20.5. The number of rotatable bonds is 2. The molecule has 0 nitrogen and oxygen atoms in total. The van der Waals surface area contributed by atoms with Crippen LogP contribution in [-0.2, 0) is 18.3 Å². The minimum absolute atomic E-state index is 0.314. The molecular formula is C29H22BBr. The van der Waals surface area contributed by atoms with Crippen molar-refractivity contribution in [3.8, 4) is 11.1 Å². The summed E-state index contributed by atoms with van der Waals surface area (Å²) >= 11 is 3.78. The van der Waals surface area contributed by atoms with Gasteiger partial charge in [0.1, 0.15) is 7.85 Å². The van der Waals surface area contributed by atoms with Crippen molar-refractivity contribution in [3.63, 3.8) is 0 Å². The monoisotopic (exact) mass is 460 g/mol. The first-order valence-electron chi connectivity index (χ1n) is 11.4. The van der Waals surface area contributed by atoms with Gasteiger partial charge < -0.3 is 0 Å². The van der Waals surface area contributed by atoms with Gasteiger partial charge in [0, 0.05) is 4.47 Å². The van der Waals surface area contributed by atoms with Gasteiger partial charge in [0.15, 0.2) is 0 Å². The van der Waals surface area contributed by atoms with E-state index in [2.05, 4.69) is 82.7 Å². The fraction of sp³-hybridized carbons (Fsp3) is 0.241. The summed E-state index contributed by atoms with van der Waals surface area (Å²) < 4.78 is 1.13. The lowest BCUT2D eigenvalue weighted by molar-refractivity contribution is 0.279. The second kappa shape index (κ2) is 6.36. The first kappa shape index (κ1) is 18.3. The van der Waals surface area contributed by atoms with Crippen LogP contribution in [0.5, 0.6) is 0 Å². The topological polar surface area (TPSA) is 0 Å². The molecule has 1 fully saturated rings. The Labute approximate surface area is 193 Å². The summed E-state index contributed by atoms with van der Waals surface area (Å²) in [4.78, 5) is 0. The van der Waals surface area contributed by atoms with E-state index in [1.165, 1.54) is 70.2 Å². The molecule has 4 aliphatic carbocycles. The molecule has 3 atom stereocenters. The number of hydrogen-bond donors (Lipinski definition) is 0. The SMILES string of the molecule is [B]c1ccc2c(c1)C(C1=CC3CCC3C=C1)(c1ccc3c(c1)CC3)c1cc(Br)ccc1-2. The molecule has 0 spiro atoms. The Morgan fingerprint density at radius 3 is 2.29 bits per heavy atom. The van der Waals surface area contributed by atoms with Crippen molar-refractivity contribution in [1.29, 1.82) is 0 Å². The maximum Gasteiger partial charge on any atom is 0.113 e. The quantitative estimate of drug-likeness (QED) is 0.400. The zero-order valence-corrected chi connectivity index (χ0v) is 19.0. The number of allylic oxidation sites excluding steroid dienone is 4. The Hall–Kier alpha value is -2.32. The van der Waals surface area contributed by atoms with Crippen LogP contribution in [0.3, 0.4) is 0 Å². The van der Waals surface area contributed by atoms with E-state index in [0.717, 1.165) is 15.9 Å². The van der Waals surface area contributed by atoms with Crippen LogP contribution < -0.4 is 5.46 Å². The minimum Gasteiger partial charge on any atom is -0.0963 e. The summed E-state index contributed by atoms with van der Waals surface area (Å²) in [5.41, 5.74) is 11.7. The largest absolute Gasteiger partial charge is 0.113 e. The fourth-order valence-electron chi connectivity index (χ4n) is 6.29. The van der Waals surface area contributed by atoms with Gasteiger partial charge in [0.05, 0.1) is 5.41 Å². The average Bonchev–Trinajstić information content (AvgIpc) is 2.99. The van der Waals surface area contributed by atoms with Crippen LogP contribution in [0.1, 0.15) is 40.7 Å². The molecule has 3 aromatic rings. The predicted molar refractivity (Wildman–Crippen MR) is 132 cm³/mol. The van der Waals surface area contributed by atoms with Crippen molar-refractivity contribution in [3.05, 3.63) is 111 Å². The van der Waals surface area contributed by atoms with Crippen LogP contribution in [0.4, 0.5) is 0 Å². The smallest absolute Gasteiger partial charge is 0.0963 e. The molecule has 1 saturated carbocycles. The van der Waals surface area contributed by atoms with Crippen molar-refractivity contribution in [2.75, 3.05) is 0 Å². The van der Waals surface area contributed by atoms with Gasteiger partial charge in [-0.25, -0.2) is 0 Å². The lowest BCUT2D eigenvalue weighted by atomic mass is 9.61. The fourth-order valence-corrected chi connectivity index (χ4v) is 6.65. The third-order valence-electron chi connectivity index (χ3n) is 8.16. The van der Waals surface area contributed by atoms with Gasteiger partial charge in [0.25, 0.3) is 0 Å². The number of hydrogen-bond acceptors (Lipinski definition) is 0. The molecule has 4 aliphatic rings. The molecule has 2 radical (unpaired) electrons. The molecule has 148 valence electrons. The summed E-state index contributed by atoms with van der Waals surface area (Å²) in [6.07, 6.45) is 12.5. The average molecular weight is 461 g/mol. The second-order valence-electron chi connectivity index (χ2n) is 9.61. The highest BCUT2D eigenvalue weighted by Crippen LogP contribution is 2.59. The molecule has 3 unspecified atom stereocenters. The van der Waals surface area contributed by atoms with Crippen molar-refractivity contribution < 1.29 is 0 Å². The van der Waals surface area contributed by atoms with Gasteiger partial charge in [-0.2, -0.15) is 0 Å². The number of benzene rings is 3. The first-order chi connectivity index (χ1) is 15.1. The van der Waals surface area contributed by atoms with Crippen LogP contribution >= 0.6 is 15.9 Å². The maximum atomic E-state index is 6.40. The van der Waals surface area contributed by atoms with Crippen LogP contribution in [0.15, 0.2) is 82.9 Å². The Balaban J connectivity index is 1.61. The standard InChI is InChI=1S/C29H22BBr/c30-23-9-11-25-26-12-10-24(31)16-28(26)29(27(25)15-23,21-7-5-17-1-3-19(17)13-21)22-8-6-18-2-4-20(18)14-22/h5-17,19H,1-4H2.